The summed E-state index contributed by atoms with van der Waals surface area (Å²) in [6.07, 6.45) is 0.673. The van der Waals surface area contributed by atoms with Gasteiger partial charge in [0.2, 0.25) is 5.91 Å². The number of carbonyl (C=O) groups excluding carboxylic acids is 2. The second-order valence-electron chi connectivity index (χ2n) is 9.78. The van der Waals surface area contributed by atoms with E-state index in [1.165, 1.54) is 12.1 Å². The van der Waals surface area contributed by atoms with Crippen molar-refractivity contribution in [2.24, 2.45) is 0 Å². The van der Waals surface area contributed by atoms with E-state index in [2.05, 4.69) is 5.32 Å². The number of hydrogen-bond acceptors (Lipinski definition) is 5. The normalized spacial score (nSPS) is 25.0. The third kappa shape index (κ3) is 6.02. The van der Waals surface area contributed by atoms with E-state index >= 15 is 0 Å². The number of alkyl halides is 3. The fourth-order valence-corrected chi connectivity index (χ4v) is 5.08. The average Bonchev–Trinajstić information content (AvgIpc) is 2.91. The Kier molecular flexibility index (Phi) is 7.71. The minimum atomic E-state index is -4.40. The van der Waals surface area contributed by atoms with Crippen LogP contribution in [-0.2, 0) is 22.3 Å². The van der Waals surface area contributed by atoms with Crippen molar-refractivity contribution in [2.75, 3.05) is 32.8 Å². The van der Waals surface area contributed by atoms with Crippen LogP contribution in [0, 0.1) is 0 Å². The summed E-state index contributed by atoms with van der Waals surface area (Å²) < 4.78 is 50.9. The van der Waals surface area contributed by atoms with Crippen LogP contribution in [0.15, 0.2) is 60.7 Å². The standard InChI is InChI=1S/C28H30F3N3O4/c29-28(30,31)20-10-8-19(9-11-20)17-33-13-14-34-24(18-33)26(35)32-16-22-5-3-4-21(38-22)12-15-37-25-7-2-1-6-23(25)27(34)36/h1-3,5-11,21-22,24H,4,12-18H2,(H,32,35)/t21-,22-,24-/m0/s1. The molecule has 3 heterocycles. The summed E-state index contributed by atoms with van der Waals surface area (Å²) in [7, 11) is 0. The van der Waals surface area contributed by atoms with E-state index < -0.39 is 17.8 Å². The predicted molar refractivity (Wildman–Crippen MR) is 134 cm³/mol. The molecule has 5 rings (SSSR count). The number of carbonyl (C=O) groups is 2. The third-order valence-corrected chi connectivity index (χ3v) is 7.12. The molecule has 3 aliphatic rings. The Balaban J connectivity index is 1.37. The first-order valence-electron chi connectivity index (χ1n) is 12.8. The van der Waals surface area contributed by atoms with E-state index in [9.17, 15) is 22.8 Å². The van der Waals surface area contributed by atoms with Crippen molar-refractivity contribution < 1.29 is 32.2 Å². The lowest BCUT2D eigenvalue weighted by atomic mass is 10.0. The van der Waals surface area contributed by atoms with E-state index in [-0.39, 0.29) is 43.7 Å². The van der Waals surface area contributed by atoms with Crippen LogP contribution < -0.4 is 10.1 Å². The van der Waals surface area contributed by atoms with Crippen molar-refractivity contribution in [3.8, 4) is 5.75 Å². The van der Waals surface area contributed by atoms with Crippen LogP contribution in [0.2, 0.25) is 0 Å². The van der Waals surface area contributed by atoms with Gasteiger partial charge in [-0.05, 0) is 36.2 Å². The van der Waals surface area contributed by atoms with Crippen molar-refractivity contribution in [3.05, 3.63) is 77.4 Å². The van der Waals surface area contributed by atoms with Crippen LogP contribution in [-0.4, -0.2) is 72.6 Å². The second-order valence-corrected chi connectivity index (χ2v) is 9.78. The Bertz CT molecular complexity index is 1180. The number of amides is 2. The molecule has 0 spiro atoms. The number of benzene rings is 2. The van der Waals surface area contributed by atoms with Gasteiger partial charge < -0.3 is 19.7 Å². The van der Waals surface area contributed by atoms with Crippen molar-refractivity contribution in [1.29, 1.82) is 0 Å². The fraction of sp³-hybridized carbons (Fsp3) is 0.429. The summed E-state index contributed by atoms with van der Waals surface area (Å²) >= 11 is 0. The highest BCUT2D eigenvalue weighted by Crippen LogP contribution is 2.30. The van der Waals surface area contributed by atoms with Gasteiger partial charge in [-0.1, -0.05) is 36.4 Å². The Morgan fingerprint density at radius 3 is 2.61 bits per heavy atom. The Hall–Kier alpha value is -3.37. The van der Waals surface area contributed by atoms with Crippen LogP contribution in [0.1, 0.15) is 34.3 Å². The first-order valence-corrected chi connectivity index (χ1v) is 12.8. The minimum absolute atomic E-state index is 0.0434. The molecule has 0 unspecified atom stereocenters. The van der Waals surface area contributed by atoms with Crippen molar-refractivity contribution in [2.45, 2.75) is 43.8 Å². The van der Waals surface area contributed by atoms with E-state index in [0.717, 1.165) is 18.6 Å². The van der Waals surface area contributed by atoms with Crippen LogP contribution in [0.3, 0.4) is 0 Å². The summed E-state index contributed by atoms with van der Waals surface area (Å²) in [6, 6.07) is 11.2. The highest BCUT2D eigenvalue weighted by Gasteiger charge is 2.37. The molecule has 2 aromatic carbocycles. The maximum atomic E-state index is 13.7. The molecule has 38 heavy (non-hydrogen) atoms. The summed E-state index contributed by atoms with van der Waals surface area (Å²) in [5.74, 6) is -0.128. The molecule has 1 saturated heterocycles. The fourth-order valence-electron chi connectivity index (χ4n) is 5.08. The van der Waals surface area contributed by atoms with Crippen molar-refractivity contribution >= 4 is 11.8 Å². The first-order chi connectivity index (χ1) is 18.3. The van der Waals surface area contributed by atoms with Gasteiger partial charge in [-0.25, -0.2) is 0 Å². The molecule has 2 aromatic rings. The van der Waals surface area contributed by atoms with Gasteiger partial charge in [-0.15, -0.1) is 0 Å². The molecule has 1 fully saturated rings. The van der Waals surface area contributed by atoms with E-state index in [4.69, 9.17) is 9.47 Å². The second kappa shape index (κ2) is 11.2. The Morgan fingerprint density at radius 1 is 1.03 bits per heavy atom. The summed E-state index contributed by atoms with van der Waals surface area (Å²) in [5, 5.41) is 2.95. The molecule has 0 aromatic heterocycles. The van der Waals surface area contributed by atoms with Crippen LogP contribution >= 0.6 is 0 Å². The molecule has 202 valence electrons. The number of hydrogen-bond donors (Lipinski definition) is 1. The molecule has 3 aliphatic heterocycles. The van der Waals surface area contributed by atoms with Crippen molar-refractivity contribution in [3.63, 3.8) is 0 Å². The zero-order chi connectivity index (χ0) is 26.7. The Labute approximate surface area is 219 Å². The average molecular weight is 530 g/mol. The molecule has 0 aliphatic carbocycles. The van der Waals surface area contributed by atoms with Crippen molar-refractivity contribution in [1.82, 2.24) is 15.1 Å². The minimum Gasteiger partial charge on any atom is -0.493 e. The number of halogens is 3. The van der Waals surface area contributed by atoms with Gasteiger partial charge in [0.15, 0.2) is 0 Å². The molecule has 2 bridgehead atoms. The molecular weight excluding hydrogens is 499 g/mol. The maximum Gasteiger partial charge on any atom is 0.416 e. The van der Waals surface area contributed by atoms with Gasteiger partial charge in [0.25, 0.3) is 5.91 Å². The quantitative estimate of drug-likeness (QED) is 0.602. The lowest BCUT2D eigenvalue weighted by molar-refractivity contribution is -0.137. The van der Waals surface area contributed by atoms with E-state index in [0.29, 0.717) is 43.0 Å². The monoisotopic (exact) mass is 529 g/mol. The molecule has 0 radical (unpaired) electrons. The van der Waals surface area contributed by atoms with Gasteiger partial charge in [0.1, 0.15) is 11.8 Å². The van der Waals surface area contributed by atoms with Gasteiger partial charge in [-0.3, -0.25) is 14.5 Å². The highest BCUT2D eigenvalue weighted by atomic mass is 19.4. The lowest BCUT2D eigenvalue weighted by Crippen LogP contribution is -2.61. The predicted octanol–water partition coefficient (Wildman–Crippen LogP) is 3.64. The van der Waals surface area contributed by atoms with Gasteiger partial charge in [-0.2, -0.15) is 13.2 Å². The third-order valence-electron chi connectivity index (χ3n) is 7.12. The molecule has 7 nitrogen and oxygen atoms in total. The maximum absolute atomic E-state index is 13.7. The molecule has 3 atom stereocenters. The van der Waals surface area contributed by atoms with Crippen LogP contribution in [0.25, 0.3) is 0 Å². The molecule has 1 N–H and O–H groups in total. The summed E-state index contributed by atoms with van der Waals surface area (Å²) in [6.45, 7) is 2.03. The number of para-hydroxylation sites is 1. The largest absolute Gasteiger partial charge is 0.493 e. The first kappa shape index (κ1) is 26.2. The van der Waals surface area contributed by atoms with Crippen LogP contribution in [0.4, 0.5) is 13.2 Å². The molecule has 0 saturated carbocycles. The molecular formula is C28H30F3N3O4. The number of rotatable bonds is 2. The molecule has 10 heteroatoms. The van der Waals surface area contributed by atoms with Gasteiger partial charge >= 0.3 is 6.18 Å². The van der Waals surface area contributed by atoms with E-state index in [1.807, 2.05) is 17.1 Å². The number of ether oxygens (including phenoxy) is 2. The number of nitrogens with zero attached hydrogens (tertiary/aromatic N) is 2. The zero-order valence-electron chi connectivity index (χ0n) is 20.8. The van der Waals surface area contributed by atoms with Gasteiger partial charge in [0.05, 0.1) is 29.9 Å². The SMILES string of the molecule is O=C1NC[C@@H]2C=CC[C@@H](CCOc3ccccc3C(=O)N3CCN(Cc4ccc(C(F)(F)F)cc4)C[C@@H]13)O2. The lowest BCUT2D eigenvalue weighted by Gasteiger charge is -2.41. The molecule has 2 amide bonds. The number of nitrogens with one attached hydrogen (secondary N) is 1. The van der Waals surface area contributed by atoms with Gasteiger partial charge in [0, 0.05) is 39.1 Å². The number of piperazine rings is 1. The highest BCUT2D eigenvalue weighted by molar-refractivity contribution is 6.00. The number of fused-ring (bicyclic) bond motifs is 4. The zero-order valence-corrected chi connectivity index (χ0v) is 20.8. The Morgan fingerprint density at radius 2 is 1.82 bits per heavy atom. The smallest absolute Gasteiger partial charge is 0.416 e. The van der Waals surface area contributed by atoms with Crippen LogP contribution in [0.5, 0.6) is 5.75 Å². The summed E-state index contributed by atoms with van der Waals surface area (Å²) in [4.78, 5) is 30.6. The topological polar surface area (TPSA) is 71.1 Å². The van der Waals surface area contributed by atoms with E-state index in [1.54, 1.807) is 29.2 Å². The summed E-state index contributed by atoms with van der Waals surface area (Å²) in [5.41, 5.74) is 0.384.